The highest BCUT2D eigenvalue weighted by molar-refractivity contribution is 6.06. The SMILES string of the molecule is CN1CCCCC1C(=O)Nc1nnc(-c2ccc(C#N)cc2O)c2ccccc12. The number of phenols is 1. The summed E-state index contributed by atoms with van der Waals surface area (Å²) in [5.74, 6) is 0.284. The van der Waals surface area contributed by atoms with Gasteiger partial charge in [0.1, 0.15) is 11.4 Å². The molecule has 2 N–H and O–H groups in total. The zero-order valence-corrected chi connectivity index (χ0v) is 16.1. The molecule has 0 spiro atoms. The van der Waals surface area contributed by atoms with Crippen molar-refractivity contribution in [1.82, 2.24) is 15.1 Å². The van der Waals surface area contributed by atoms with Crippen molar-refractivity contribution in [3.05, 3.63) is 48.0 Å². The number of aromatic nitrogens is 2. The van der Waals surface area contributed by atoms with Gasteiger partial charge in [0, 0.05) is 16.3 Å². The number of phenolic OH excluding ortho intramolecular Hbond substituents is 1. The second-order valence-corrected chi connectivity index (χ2v) is 7.27. The first-order valence-electron chi connectivity index (χ1n) is 9.58. The quantitative estimate of drug-likeness (QED) is 0.715. The Kier molecular flexibility index (Phi) is 5.10. The second-order valence-electron chi connectivity index (χ2n) is 7.27. The Bertz CT molecular complexity index is 1120. The van der Waals surface area contributed by atoms with E-state index in [2.05, 4.69) is 20.4 Å². The van der Waals surface area contributed by atoms with E-state index in [4.69, 9.17) is 5.26 Å². The van der Waals surface area contributed by atoms with Crippen LogP contribution in [0.5, 0.6) is 5.75 Å². The molecule has 3 aromatic rings. The molecule has 1 aliphatic rings. The van der Waals surface area contributed by atoms with Crippen LogP contribution in [0.2, 0.25) is 0 Å². The van der Waals surface area contributed by atoms with E-state index in [1.165, 1.54) is 6.07 Å². The summed E-state index contributed by atoms with van der Waals surface area (Å²) in [6.07, 6.45) is 2.96. The van der Waals surface area contributed by atoms with E-state index in [1.807, 2.05) is 37.4 Å². The number of piperidine rings is 1. The lowest BCUT2D eigenvalue weighted by Gasteiger charge is -2.31. The highest BCUT2D eigenvalue weighted by Gasteiger charge is 2.27. The number of nitrogens with one attached hydrogen (secondary N) is 1. The third-order valence-corrected chi connectivity index (χ3v) is 5.38. The van der Waals surface area contributed by atoms with Crippen molar-refractivity contribution in [3.63, 3.8) is 0 Å². The number of benzene rings is 2. The standard InChI is InChI=1S/C22H21N5O2/c1-27-11-5-4-8-18(27)22(29)24-21-16-7-3-2-6-15(16)20(25-26-21)17-10-9-14(13-23)12-19(17)28/h2-3,6-7,9-10,12,18,28H,4-5,8,11H2,1H3,(H,24,26,29). The molecular formula is C22H21N5O2. The topological polar surface area (TPSA) is 102 Å². The first kappa shape index (κ1) is 18.8. The summed E-state index contributed by atoms with van der Waals surface area (Å²) in [6, 6.07) is 14.0. The van der Waals surface area contributed by atoms with Crippen LogP contribution in [0.3, 0.4) is 0 Å². The highest BCUT2D eigenvalue weighted by Crippen LogP contribution is 2.35. The van der Waals surface area contributed by atoms with E-state index in [9.17, 15) is 9.90 Å². The van der Waals surface area contributed by atoms with E-state index >= 15 is 0 Å². The monoisotopic (exact) mass is 387 g/mol. The lowest BCUT2D eigenvalue weighted by Crippen LogP contribution is -2.44. The van der Waals surface area contributed by atoms with Crippen LogP contribution in [0.4, 0.5) is 5.82 Å². The number of nitrogens with zero attached hydrogens (tertiary/aromatic N) is 4. The zero-order valence-electron chi connectivity index (χ0n) is 16.1. The van der Waals surface area contributed by atoms with Crippen LogP contribution < -0.4 is 5.32 Å². The Morgan fingerprint density at radius 1 is 1.21 bits per heavy atom. The Labute approximate surface area is 168 Å². The van der Waals surface area contributed by atoms with Gasteiger partial charge in [0.2, 0.25) is 5.91 Å². The molecule has 0 radical (unpaired) electrons. The molecule has 0 aliphatic carbocycles. The Morgan fingerprint density at radius 2 is 2.00 bits per heavy atom. The minimum atomic E-state index is -0.174. The van der Waals surface area contributed by atoms with Crippen molar-refractivity contribution >= 4 is 22.5 Å². The fraction of sp³-hybridized carbons (Fsp3) is 0.273. The number of nitriles is 1. The van der Waals surface area contributed by atoms with Gasteiger partial charge in [0.05, 0.1) is 17.7 Å². The van der Waals surface area contributed by atoms with Crippen LogP contribution in [-0.2, 0) is 4.79 Å². The minimum Gasteiger partial charge on any atom is -0.507 e. The van der Waals surface area contributed by atoms with Gasteiger partial charge in [0.15, 0.2) is 5.82 Å². The molecule has 1 unspecified atom stereocenters. The number of likely N-dealkylation sites (tertiary alicyclic amines) is 1. The number of carbonyl (C=O) groups excluding carboxylic acids is 1. The fourth-order valence-corrected chi connectivity index (χ4v) is 3.80. The van der Waals surface area contributed by atoms with Gasteiger partial charge in [-0.2, -0.15) is 5.26 Å². The van der Waals surface area contributed by atoms with Crippen LogP contribution >= 0.6 is 0 Å². The highest BCUT2D eigenvalue weighted by atomic mass is 16.3. The van der Waals surface area contributed by atoms with Crippen LogP contribution in [0.1, 0.15) is 24.8 Å². The van der Waals surface area contributed by atoms with E-state index in [1.54, 1.807) is 12.1 Å². The van der Waals surface area contributed by atoms with Gasteiger partial charge < -0.3 is 10.4 Å². The smallest absolute Gasteiger partial charge is 0.242 e. The van der Waals surface area contributed by atoms with Crippen molar-refractivity contribution in [2.75, 3.05) is 18.9 Å². The molecule has 29 heavy (non-hydrogen) atoms. The Hall–Kier alpha value is -3.50. The molecule has 1 amide bonds. The molecule has 4 rings (SSSR count). The number of fused-ring (bicyclic) bond motifs is 1. The molecule has 7 nitrogen and oxygen atoms in total. The van der Waals surface area contributed by atoms with Crippen LogP contribution in [0.15, 0.2) is 42.5 Å². The number of hydrogen-bond donors (Lipinski definition) is 2. The predicted molar refractivity (Wildman–Crippen MR) is 110 cm³/mol. The van der Waals surface area contributed by atoms with Gasteiger partial charge in [-0.15, -0.1) is 10.2 Å². The van der Waals surface area contributed by atoms with E-state index in [-0.39, 0.29) is 17.7 Å². The molecule has 146 valence electrons. The van der Waals surface area contributed by atoms with Crippen LogP contribution in [0.25, 0.3) is 22.0 Å². The van der Waals surface area contributed by atoms with Crippen LogP contribution in [-0.4, -0.2) is 45.7 Å². The summed E-state index contributed by atoms with van der Waals surface area (Å²) in [7, 11) is 1.96. The number of likely N-dealkylation sites (N-methyl/N-ethyl adjacent to an activating group) is 1. The molecule has 7 heteroatoms. The number of carbonyl (C=O) groups is 1. The third kappa shape index (κ3) is 3.62. The number of anilines is 1. The normalized spacial score (nSPS) is 17.0. The molecule has 1 atom stereocenters. The number of aromatic hydroxyl groups is 1. The largest absolute Gasteiger partial charge is 0.507 e. The number of hydrogen-bond acceptors (Lipinski definition) is 6. The van der Waals surface area contributed by atoms with Crippen molar-refractivity contribution in [2.24, 2.45) is 0 Å². The van der Waals surface area contributed by atoms with Gasteiger partial charge in [-0.25, -0.2) is 0 Å². The van der Waals surface area contributed by atoms with Crippen LogP contribution in [0, 0.1) is 11.3 Å². The second kappa shape index (κ2) is 7.86. The summed E-state index contributed by atoms with van der Waals surface area (Å²) in [5.41, 5.74) is 1.34. The summed E-state index contributed by atoms with van der Waals surface area (Å²) in [6.45, 7) is 0.904. The minimum absolute atomic E-state index is 0.0379. The molecule has 2 heterocycles. The summed E-state index contributed by atoms with van der Waals surface area (Å²) in [4.78, 5) is 14.9. The number of amides is 1. The Morgan fingerprint density at radius 3 is 2.72 bits per heavy atom. The summed E-state index contributed by atoms with van der Waals surface area (Å²) in [5, 5.41) is 32.3. The first-order valence-corrected chi connectivity index (χ1v) is 9.58. The lowest BCUT2D eigenvalue weighted by atomic mass is 10.0. The van der Waals surface area contributed by atoms with Gasteiger partial charge in [-0.05, 0) is 44.6 Å². The lowest BCUT2D eigenvalue weighted by molar-refractivity contribution is -0.121. The van der Waals surface area contributed by atoms with Crippen molar-refractivity contribution in [1.29, 1.82) is 5.26 Å². The Balaban J connectivity index is 1.73. The van der Waals surface area contributed by atoms with Gasteiger partial charge >= 0.3 is 0 Å². The number of rotatable bonds is 3. The zero-order chi connectivity index (χ0) is 20.4. The molecular weight excluding hydrogens is 366 g/mol. The van der Waals surface area contributed by atoms with Crippen molar-refractivity contribution < 1.29 is 9.90 Å². The average Bonchev–Trinajstić information content (AvgIpc) is 2.74. The molecule has 1 aromatic heterocycles. The van der Waals surface area contributed by atoms with E-state index in [0.29, 0.717) is 22.6 Å². The maximum absolute atomic E-state index is 12.8. The molecule has 1 saturated heterocycles. The first-order chi connectivity index (χ1) is 14.1. The van der Waals surface area contributed by atoms with Crippen molar-refractivity contribution in [2.45, 2.75) is 25.3 Å². The van der Waals surface area contributed by atoms with E-state index in [0.717, 1.165) is 36.6 Å². The maximum atomic E-state index is 12.8. The predicted octanol–water partition coefficient (Wildman–Crippen LogP) is 3.30. The summed E-state index contributed by atoms with van der Waals surface area (Å²) >= 11 is 0. The van der Waals surface area contributed by atoms with Gasteiger partial charge in [-0.3, -0.25) is 9.69 Å². The molecule has 1 aliphatic heterocycles. The van der Waals surface area contributed by atoms with Gasteiger partial charge in [0.25, 0.3) is 0 Å². The average molecular weight is 387 g/mol. The third-order valence-electron chi connectivity index (χ3n) is 5.38. The molecule has 1 fully saturated rings. The fourth-order valence-electron chi connectivity index (χ4n) is 3.80. The van der Waals surface area contributed by atoms with Crippen molar-refractivity contribution in [3.8, 4) is 23.1 Å². The van der Waals surface area contributed by atoms with E-state index < -0.39 is 0 Å². The molecule has 0 bridgehead atoms. The molecule has 2 aromatic carbocycles. The molecule has 0 saturated carbocycles. The van der Waals surface area contributed by atoms with Gasteiger partial charge in [-0.1, -0.05) is 30.7 Å². The summed E-state index contributed by atoms with van der Waals surface area (Å²) < 4.78 is 0. The maximum Gasteiger partial charge on any atom is 0.242 e.